The van der Waals surface area contributed by atoms with Crippen LogP contribution in [0.3, 0.4) is 0 Å². The highest BCUT2D eigenvalue weighted by Crippen LogP contribution is 2.13. The lowest BCUT2D eigenvalue weighted by molar-refractivity contribution is 0.0919. The number of rotatable bonds is 6. The predicted octanol–water partition coefficient (Wildman–Crippen LogP) is 2.88. The maximum atomic E-state index is 13.6. The Bertz CT molecular complexity index is 890. The minimum atomic E-state index is -3.80. The predicted molar refractivity (Wildman–Crippen MR) is 99.0 cm³/mol. The molecular weight excluding hydrogens is 355 g/mol. The van der Waals surface area contributed by atoms with E-state index < -0.39 is 15.6 Å². The van der Waals surface area contributed by atoms with Crippen molar-refractivity contribution in [1.29, 1.82) is 0 Å². The molecule has 5 nitrogen and oxygen atoms in total. The van der Waals surface area contributed by atoms with Gasteiger partial charge in [-0.05, 0) is 57.0 Å². The van der Waals surface area contributed by atoms with Crippen molar-refractivity contribution in [3.63, 3.8) is 0 Å². The molecule has 0 spiro atoms. The van der Waals surface area contributed by atoms with E-state index in [1.54, 1.807) is 24.3 Å². The molecule has 7 heteroatoms. The number of hydrogen-bond acceptors (Lipinski definition) is 3. The van der Waals surface area contributed by atoms with Gasteiger partial charge in [-0.1, -0.05) is 24.3 Å². The van der Waals surface area contributed by atoms with Crippen LogP contribution in [0.2, 0.25) is 0 Å². The summed E-state index contributed by atoms with van der Waals surface area (Å²) < 4.78 is 40.9. The summed E-state index contributed by atoms with van der Waals surface area (Å²) in [6.07, 6.45) is 0.232. The fourth-order valence-corrected chi connectivity index (χ4v) is 3.40. The highest BCUT2D eigenvalue weighted by atomic mass is 32.2. The molecular formula is C19H23FN2O3S. The summed E-state index contributed by atoms with van der Waals surface area (Å²) in [6, 6.07) is 12.0. The standard InChI is InChI=1S/C19H23FN2O3S/c1-19(2,3)22-18(23)15-8-6-9-16(13-15)26(24,25)21-12-11-14-7-4-5-10-17(14)20/h4-10,13,21H,11-12H2,1-3H3,(H,22,23). The Labute approximate surface area is 153 Å². The van der Waals surface area contributed by atoms with E-state index in [9.17, 15) is 17.6 Å². The normalized spacial score (nSPS) is 12.0. The lowest BCUT2D eigenvalue weighted by Gasteiger charge is -2.20. The Balaban J connectivity index is 2.08. The topological polar surface area (TPSA) is 75.3 Å². The molecule has 0 aliphatic carbocycles. The molecule has 0 radical (unpaired) electrons. The van der Waals surface area contributed by atoms with Gasteiger partial charge in [0, 0.05) is 17.6 Å². The van der Waals surface area contributed by atoms with Crippen molar-refractivity contribution in [2.75, 3.05) is 6.54 Å². The Morgan fingerprint density at radius 1 is 1.08 bits per heavy atom. The first-order chi connectivity index (χ1) is 12.1. The van der Waals surface area contributed by atoms with Gasteiger partial charge in [0.15, 0.2) is 0 Å². The third-order valence-electron chi connectivity index (χ3n) is 3.54. The van der Waals surface area contributed by atoms with Gasteiger partial charge in [0.1, 0.15) is 5.82 Å². The van der Waals surface area contributed by atoms with Crippen molar-refractivity contribution in [2.24, 2.45) is 0 Å². The van der Waals surface area contributed by atoms with Crippen LogP contribution >= 0.6 is 0 Å². The lowest BCUT2D eigenvalue weighted by Crippen LogP contribution is -2.40. The maximum absolute atomic E-state index is 13.6. The summed E-state index contributed by atoms with van der Waals surface area (Å²) in [7, 11) is -3.80. The van der Waals surface area contributed by atoms with Crippen LogP contribution in [0.15, 0.2) is 53.4 Å². The molecule has 0 saturated heterocycles. The van der Waals surface area contributed by atoms with Gasteiger partial charge in [-0.15, -0.1) is 0 Å². The minimum absolute atomic E-state index is 0.00686. The third kappa shape index (κ3) is 5.64. The van der Waals surface area contributed by atoms with E-state index in [2.05, 4.69) is 10.0 Å². The zero-order valence-electron chi connectivity index (χ0n) is 15.0. The summed E-state index contributed by atoms with van der Waals surface area (Å²) in [6.45, 7) is 5.59. The van der Waals surface area contributed by atoms with Gasteiger partial charge in [-0.25, -0.2) is 17.5 Å². The monoisotopic (exact) mass is 378 g/mol. The second kappa shape index (κ2) is 7.97. The van der Waals surface area contributed by atoms with Gasteiger partial charge in [-0.2, -0.15) is 0 Å². The highest BCUT2D eigenvalue weighted by Gasteiger charge is 2.19. The van der Waals surface area contributed by atoms with Gasteiger partial charge in [-0.3, -0.25) is 4.79 Å². The first kappa shape index (κ1) is 20.1. The molecule has 2 rings (SSSR count). The number of sulfonamides is 1. The van der Waals surface area contributed by atoms with Crippen molar-refractivity contribution < 1.29 is 17.6 Å². The molecule has 140 valence electrons. The molecule has 0 aliphatic rings. The quantitative estimate of drug-likeness (QED) is 0.812. The first-order valence-electron chi connectivity index (χ1n) is 8.24. The largest absolute Gasteiger partial charge is 0.347 e. The molecule has 0 fully saturated rings. The van der Waals surface area contributed by atoms with E-state index in [-0.39, 0.29) is 35.1 Å². The second-order valence-electron chi connectivity index (χ2n) is 6.97. The molecule has 0 aliphatic heterocycles. The third-order valence-corrected chi connectivity index (χ3v) is 5.00. The number of benzene rings is 2. The Morgan fingerprint density at radius 2 is 1.77 bits per heavy atom. The van der Waals surface area contributed by atoms with Crippen LogP contribution in [0.5, 0.6) is 0 Å². The van der Waals surface area contributed by atoms with Crippen molar-refractivity contribution >= 4 is 15.9 Å². The van der Waals surface area contributed by atoms with Crippen molar-refractivity contribution in [2.45, 2.75) is 37.6 Å². The molecule has 0 atom stereocenters. The van der Waals surface area contributed by atoms with Gasteiger partial charge >= 0.3 is 0 Å². The fourth-order valence-electron chi connectivity index (χ4n) is 2.32. The average molecular weight is 378 g/mol. The number of hydrogen-bond donors (Lipinski definition) is 2. The summed E-state index contributed by atoms with van der Waals surface area (Å²) in [4.78, 5) is 12.2. The van der Waals surface area contributed by atoms with E-state index in [4.69, 9.17) is 0 Å². The van der Waals surface area contributed by atoms with Gasteiger partial charge in [0.05, 0.1) is 4.90 Å². The molecule has 2 N–H and O–H groups in total. The van der Waals surface area contributed by atoms with Crippen molar-refractivity contribution in [3.05, 3.63) is 65.5 Å². The van der Waals surface area contributed by atoms with E-state index in [1.165, 1.54) is 24.3 Å². The summed E-state index contributed by atoms with van der Waals surface area (Å²) in [5.74, 6) is -0.714. The van der Waals surface area contributed by atoms with Crippen LogP contribution in [0, 0.1) is 5.82 Å². The van der Waals surface area contributed by atoms with Gasteiger partial charge in [0.2, 0.25) is 10.0 Å². The van der Waals surface area contributed by atoms with E-state index in [1.807, 2.05) is 20.8 Å². The molecule has 0 saturated carbocycles. The number of nitrogens with one attached hydrogen (secondary N) is 2. The molecule has 1 amide bonds. The Morgan fingerprint density at radius 3 is 2.42 bits per heavy atom. The average Bonchev–Trinajstić information content (AvgIpc) is 2.55. The number of amides is 1. The van der Waals surface area contributed by atoms with Crippen molar-refractivity contribution in [3.8, 4) is 0 Å². The van der Waals surface area contributed by atoms with Gasteiger partial charge < -0.3 is 5.32 Å². The summed E-state index contributed by atoms with van der Waals surface area (Å²) >= 11 is 0. The zero-order valence-corrected chi connectivity index (χ0v) is 15.9. The molecule has 0 aromatic heterocycles. The molecule has 26 heavy (non-hydrogen) atoms. The van der Waals surface area contributed by atoms with E-state index in [0.717, 1.165) is 0 Å². The Kier molecular flexibility index (Phi) is 6.15. The SMILES string of the molecule is CC(C)(C)NC(=O)c1cccc(S(=O)(=O)NCCc2ccccc2F)c1. The highest BCUT2D eigenvalue weighted by molar-refractivity contribution is 7.89. The first-order valence-corrected chi connectivity index (χ1v) is 9.72. The minimum Gasteiger partial charge on any atom is -0.347 e. The number of halogens is 1. The van der Waals surface area contributed by atoms with Crippen LogP contribution in [0.25, 0.3) is 0 Å². The van der Waals surface area contributed by atoms with Crippen molar-refractivity contribution in [1.82, 2.24) is 10.0 Å². The fraction of sp³-hybridized carbons (Fsp3) is 0.316. The second-order valence-corrected chi connectivity index (χ2v) is 8.74. The zero-order chi connectivity index (χ0) is 19.4. The van der Waals surface area contributed by atoms with E-state index >= 15 is 0 Å². The number of carbonyl (C=O) groups excluding carboxylic acids is 1. The van der Waals surface area contributed by atoms with Gasteiger partial charge in [0.25, 0.3) is 5.91 Å². The molecule has 2 aromatic carbocycles. The molecule has 2 aromatic rings. The molecule has 0 bridgehead atoms. The van der Waals surface area contributed by atoms with Crippen LogP contribution in [-0.4, -0.2) is 26.4 Å². The molecule has 0 heterocycles. The Hall–Kier alpha value is -2.25. The summed E-state index contributed by atoms with van der Waals surface area (Å²) in [5, 5.41) is 2.79. The van der Waals surface area contributed by atoms with Crippen LogP contribution in [0.1, 0.15) is 36.7 Å². The molecule has 0 unspecified atom stereocenters. The van der Waals surface area contributed by atoms with Crippen LogP contribution < -0.4 is 10.0 Å². The number of carbonyl (C=O) groups is 1. The smallest absolute Gasteiger partial charge is 0.251 e. The van der Waals surface area contributed by atoms with Crippen LogP contribution in [0.4, 0.5) is 4.39 Å². The summed E-state index contributed by atoms with van der Waals surface area (Å²) in [5.41, 5.74) is 0.273. The van der Waals surface area contributed by atoms with Crippen LogP contribution in [-0.2, 0) is 16.4 Å². The lowest BCUT2D eigenvalue weighted by atomic mass is 10.1. The van der Waals surface area contributed by atoms with E-state index in [0.29, 0.717) is 5.56 Å². The maximum Gasteiger partial charge on any atom is 0.251 e.